The maximum atomic E-state index is 12.7. The van der Waals surface area contributed by atoms with Gasteiger partial charge in [0.05, 0.1) is 20.0 Å². The molecule has 0 unspecified atom stereocenters. The number of carbonyl (C=O) groups is 1. The molecule has 1 heterocycles. The monoisotopic (exact) mass is 427 g/mol. The molecular formula is C22H25N3O4S. The zero-order chi connectivity index (χ0) is 21.5. The third kappa shape index (κ3) is 4.94. The Labute approximate surface area is 180 Å². The van der Waals surface area contributed by atoms with Crippen LogP contribution >= 0.6 is 11.8 Å². The normalized spacial score (nSPS) is 11.7. The number of carbonyl (C=O) groups excluding carboxylic acids is 1. The highest BCUT2D eigenvalue weighted by Gasteiger charge is 2.20. The van der Waals surface area contributed by atoms with Crippen LogP contribution in [0.4, 0.5) is 0 Å². The molecule has 0 saturated carbocycles. The van der Waals surface area contributed by atoms with E-state index in [0.717, 1.165) is 11.6 Å². The molecule has 1 aromatic heterocycles. The molecular weight excluding hydrogens is 402 g/mol. The number of thioether (sulfide) groups is 1. The number of aromatic nitrogens is 3. The molecule has 0 saturated heterocycles. The van der Waals surface area contributed by atoms with E-state index in [1.54, 1.807) is 32.4 Å². The molecule has 0 aliphatic carbocycles. The average molecular weight is 428 g/mol. The highest BCUT2D eigenvalue weighted by molar-refractivity contribution is 7.99. The van der Waals surface area contributed by atoms with Crippen molar-refractivity contribution in [2.24, 2.45) is 0 Å². The molecule has 0 fully saturated rings. The van der Waals surface area contributed by atoms with E-state index in [0.29, 0.717) is 28.8 Å². The van der Waals surface area contributed by atoms with Crippen molar-refractivity contribution in [1.82, 2.24) is 14.8 Å². The number of benzene rings is 2. The van der Waals surface area contributed by atoms with Crippen LogP contribution in [0.2, 0.25) is 0 Å². The maximum Gasteiger partial charge on any atom is 0.191 e. The summed E-state index contributed by atoms with van der Waals surface area (Å²) in [7, 11) is 3.11. The Bertz CT molecular complexity index is 991. The van der Waals surface area contributed by atoms with Crippen molar-refractivity contribution in [3.05, 3.63) is 59.9 Å². The lowest BCUT2D eigenvalue weighted by molar-refractivity contribution is 0.102. The second-order valence-electron chi connectivity index (χ2n) is 6.44. The lowest BCUT2D eigenvalue weighted by Gasteiger charge is -2.15. The van der Waals surface area contributed by atoms with Crippen LogP contribution in [-0.4, -0.2) is 40.5 Å². The van der Waals surface area contributed by atoms with Crippen LogP contribution in [0.25, 0.3) is 0 Å². The summed E-state index contributed by atoms with van der Waals surface area (Å²) in [5.41, 5.74) is 0.559. The number of hydrogen-bond donors (Lipinski definition) is 0. The number of ketones is 1. The Morgan fingerprint density at radius 2 is 1.80 bits per heavy atom. The number of ether oxygens (including phenoxy) is 3. The summed E-state index contributed by atoms with van der Waals surface area (Å²) >= 11 is 1.35. The van der Waals surface area contributed by atoms with E-state index in [1.807, 2.05) is 48.7 Å². The van der Waals surface area contributed by atoms with Gasteiger partial charge in [0.1, 0.15) is 5.75 Å². The molecule has 0 radical (unpaired) electrons. The minimum atomic E-state index is -0.268. The largest absolute Gasteiger partial charge is 0.493 e. The second-order valence-corrected chi connectivity index (χ2v) is 7.38. The van der Waals surface area contributed by atoms with E-state index in [-0.39, 0.29) is 17.6 Å². The predicted octanol–water partition coefficient (Wildman–Crippen LogP) is 4.43. The first-order chi connectivity index (χ1) is 14.6. The van der Waals surface area contributed by atoms with E-state index >= 15 is 0 Å². The highest BCUT2D eigenvalue weighted by Crippen LogP contribution is 2.29. The van der Waals surface area contributed by atoms with Gasteiger partial charge >= 0.3 is 0 Å². The zero-order valence-electron chi connectivity index (χ0n) is 17.5. The minimum absolute atomic E-state index is 0.0262. The predicted molar refractivity (Wildman–Crippen MR) is 116 cm³/mol. The Morgan fingerprint density at radius 3 is 2.47 bits per heavy atom. The Hall–Kier alpha value is -3.00. The van der Waals surface area contributed by atoms with E-state index in [4.69, 9.17) is 14.2 Å². The van der Waals surface area contributed by atoms with Crippen LogP contribution in [0, 0.1) is 0 Å². The van der Waals surface area contributed by atoms with E-state index in [9.17, 15) is 4.79 Å². The number of methoxy groups -OCH3 is 2. The third-order valence-electron chi connectivity index (χ3n) is 4.52. The SMILES string of the molecule is CCn1c(SCC(=O)c2ccc(OC)c(OC)c2)nnc1[C@H](C)Oc1ccccc1. The lowest BCUT2D eigenvalue weighted by Crippen LogP contribution is -2.12. The molecule has 3 rings (SSSR count). The fourth-order valence-electron chi connectivity index (χ4n) is 2.98. The highest BCUT2D eigenvalue weighted by atomic mass is 32.2. The molecule has 7 nitrogen and oxygen atoms in total. The van der Waals surface area contributed by atoms with Crippen molar-refractivity contribution in [3.8, 4) is 17.2 Å². The third-order valence-corrected chi connectivity index (χ3v) is 5.49. The van der Waals surface area contributed by atoms with Crippen molar-refractivity contribution in [2.75, 3.05) is 20.0 Å². The van der Waals surface area contributed by atoms with Gasteiger partial charge in [-0.15, -0.1) is 10.2 Å². The number of para-hydroxylation sites is 1. The number of Topliss-reactive ketones (excluding diaryl/α,β-unsaturated/α-hetero) is 1. The van der Waals surface area contributed by atoms with Gasteiger partial charge in [-0.2, -0.15) is 0 Å². The van der Waals surface area contributed by atoms with Gasteiger partial charge in [-0.3, -0.25) is 4.79 Å². The Morgan fingerprint density at radius 1 is 1.07 bits per heavy atom. The van der Waals surface area contributed by atoms with Gasteiger partial charge in [0, 0.05) is 12.1 Å². The molecule has 0 aliphatic rings. The van der Waals surface area contributed by atoms with E-state index in [2.05, 4.69) is 10.2 Å². The zero-order valence-corrected chi connectivity index (χ0v) is 18.3. The van der Waals surface area contributed by atoms with Crippen molar-refractivity contribution in [2.45, 2.75) is 31.7 Å². The average Bonchev–Trinajstić information content (AvgIpc) is 3.20. The van der Waals surface area contributed by atoms with Gasteiger partial charge in [0.15, 0.2) is 34.4 Å². The maximum absolute atomic E-state index is 12.7. The quantitative estimate of drug-likeness (QED) is 0.350. The van der Waals surface area contributed by atoms with Gasteiger partial charge in [-0.1, -0.05) is 30.0 Å². The first-order valence-corrected chi connectivity index (χ1v) is 10.6. The molecule has 30 heavy (non-hydrogen) atoms. The van der Waals surface area contributed by atoms with Crippen LogP contribution in [0.5, 0.6) is 17.2 Å². The van der Waals surface area contributed by atoms with Crippen molar-refractivity contribution in [1.29, 1.82) is 0 Å². The molecule has 1 atom stereocenters. The summed E-state index contributed by atoms with van der Waals surface area (Å²) in [6.07, 6.45) is -0.268. The molecule has 158 valence electrons. The lowest BCUT2D eigenvalue weighted by atomic mass is 10.1. The summed E-state index contributed by atoms with van der Waals surface area (Å²) < 4.78 is 18.4. The topological polar surface area (TPSA) is 75.5 Å². The van der Waals surface area contributed by atoms with Crippen molar-refractivity contribution >= 4 is 17.5 Å². The van der Waals surface area contributed by atoms with Crippen molar-refractivity contribution in [3.63, 3.8) is 0 Å². The second kappa shape index (κ2) is 10.2. The van der Waals surface area contributed by atoms with Gasteiger partial charge in [0.2, 0.25) is 0 Å². The van der Waals surface area contributed by atoms with Crippen LogP contribution < -0.4 is 14.2 Å². The fraction of sp³-hybridized carbons (Fsp3) is 0.318. The van der Waals surface area contributed by atoms with Gasteiger partial charge < -0.3 is 18.8 Å². The molecule has 3 aromatic rings. The van der Waals surface area contributed by atoms with Crippen LogP contribution in [0.3, 0.4) is 0 Å². The molecule has 0 amide bonds. The summed E-state index contributed by atoms with van der Waals surface area (Å²) in [5.74, 6) is 2.82. The fourth-order valence-corrected chi connectivity index (χ4v) is 3.89. The van der Waals surface area contributed by atoms with Crippen LogP contribution in [0.1, 0.15) is 36.1 Å². The number of rotatable bonds is 10. The number of hydrogen-bond acceptors (Lipinski definition) is 7. The first-order valence-electron chi connectivity index (χ1n) is 9.60. The van der Waals surface area contributed by atoms with E-state index in [1.165, 1.54) is 11.8 Å². The van der Waals surface area contributed by atoms with Gasteiger partial charge in [-0.25, -0.2) is 0 Å². The first kappa shape index (κ1) is 21.7. The minimum Gasteiger partial charge on any atom is -0.493 e. The van der Waals surface area contributed by atoms with Gasteiger partial charge in [-0.05, 0) is 44.2 Å². The number of nitrogens with zero attached hydrogens (tertiary/aromatic N) is 3. The molecule has 2 aromatic carbocycles. The van der Waals surface area contributed by atoms with Crippen LogP contribution in [-0.2, 0) is 6.54 Å². The summed E-state index contributed by atoms with van der Waals surface area (Å²) in [6, 6.07) is 14.7. The Kier molecular flexibility index (Phi) is 7.35. The molecule has 0 N–H and O–H groups in total. The van der Waals surface area contributed by atoms with E-state index < -0.39 is 0 Å². The smallest absolute Gasteiger partial charge is 0.191 e. The van der Waals surface area contributed by atoms with Gasteiger partial charge in [0.25, 0.3) is 0 Å². The summed E-state index contributed by atoms with van der Waals surface area (Å²) in [4.78, 5) is 12.7. The standard InChI is InChI=1S/C22H25N3O4S/c1-5-25-21(15(2)29-17-9-7-6-8-10-17)23-24-22(25)30-14-18(26)16-11-12-19(27-3)20(13-16)28-4/h6-13,15H,5,14H2,1-4H3/t15-/m0/s1. The molecule has 0 spiro atoms. The van der Waals surface area contributed by atoms with Crippen LogP contribution in [0.15, 0.2) is 53.7 Å². The molecule has 8 heteroatoms. The summed E-state index contributed by atoms with van der Waals surface area (Å²) in [5, 5.41) is 9.26. The molecule has 0 bridgehead atoms. The molecule has 0 aliphatic heterocycles. The Balaban J connectivity index is 1.69. The summed E-state index contributed by atoms with van der Waals surface area (Å²) in [6.45, 7) is 4.63. The van der Waals surface area contributed by atoms with Crippen molar-refractivity contribution < 1.29 is 19.0 Å².